The molecular formula is C18H32NO5PS. The molecule has 0 aliphatic heterocycles. The van der Waals surface area contributed by atoms with Crippen LogP contribution in [0.5, 0.6) is 0 Å². The summed E-state index contributed by atoms with van der Waals surface area (Å²) in [5.41, 5.74) is 0. The molecule has 6 nitrogen and oxygen atoms in total. The fraction of sp³-hybridized carbons (Fsp3) is 0.667. The minimum Gasteiger partial charge on any atom is -0.305 e. The zero-order valence-corrected chi connectivity index (χ0v) is 18.0. The third kappa shape index (κ3) is 5.89. The highest BCUT2D eigenvalue weighted by atomic mass is 32.2. The molecule has 150 valence electrons. The van der Waals surface area contributed by atoms with Gasteiger partial charge in [0.25, 0.3) is 0 Å². The van der Waals surface area contributed by atoms with Crippen LogP contribution < -0.4 is 5.30 Å². The van der Waals surface area contributed by atoms with Crippen molar-refractivity contribution in [2.75, 3.05) is 26.3 Å². The van der Waals surface area contributed by atoms with Crippen LogP contribution >= 0.6 is 7.60 Å². The molecule has 0 spiro atoms. The van der Waals surface area contributed by atoms with Gasteiger partial charge in [0.1, 0.15) is 0 Å². The molecule has 0 radical (unpaired) electrons. The summed E-state index contributed by atoms with van der Waals surface area (Å²) in [5, 5.41) is 0.113. The Hall–Kier alpha value is -0.720. The lowest BCUT2D eigenvalue weighted by Crippen LogP contribution is -2.35. The molecule has 0 bridgehead atoms. The number of sulfonamides is 1. The monoisotopic (exact) mass is 405 g/mol. The van der Waals surface area contributed by atoms with Crippen molar-refractivity contribution in [3.63, 3.8) is 0 Å². The van der Waals surface area contributed by atoms with Gasteiger partial charge >= 0.3 is 7.60 Å². The van der Waals surface area contributed by atoms with Crippen LogP contribution in [0.1, 0.15) is 53.4 Å². The standard InChI is InChI=1S/C18H32NO5PS/c1-5-9-15-19(16-10-6-2)26(21,22)18-14-12-11-13-17(18)25(20,23-7-3)24-8-4/h11-14H,5-10,15-16H2,1-4H3. The molecule has 0 unspecified atom stereocenters. The van der Waals surface area contributed by atoms with Gasteiger partial charge in [0, 0.05) is 13.1 Å². The minimum absolute atomic E-state index is 0.0115. The van der Waals surface area contributed by atoms with E-state index in [9.17, 15) is 13.0 Å². The molecule has 1 rings (SSSR count). The van der Waals surface area contributed by atoms with Gasteiger partial charge in [-0.25, -0.2) is 8.42 Å². The molecule has 0 saturated carbocycles. The summed E-state index contributed by atoms with van der Waals surface area (Å²) in [6, 6.07) is 6.30. The van der Waals surface area contributed by atoms with E-state index in [-0.39, 0.29) is 23.4 Å². The van der Waals surface area contributed by atoms with E-state index in [2.05, 4.69) is 0 Å². The van der Waals surface area contributed by atoms with E-state index in [0.29, 0.717) is 13.1 Å². The summed E-state index contributed by atoms with van der Waals surface area (Å²) in [6.45, 7) is 8.69. The van der Waals surface area contributed by atoms with Crippen molar-refractivity contribution < 1.29 is 22.0 Å². The normalized spacial score (nSPS) is 12.7. The molecule has 0 atom stereocenters. The summed E-state index contributed by atoms with van der Waals surface area (Å²) in [7, 11) is -7.50. The van der Waals surface area contributed by atoms with Crippen LogP contribution in [0.25, 0.3) is 0 Å². The molecule has 0 aromatic heterocycles. The predicted molar refractivity (Wildman–Crippen MR) is 106 cm³/mol. The Labute approximate surface area is 158 Å². The average molecular weight is 405 g/mol. The Kier molecular flexibility index (Phi) is 10.0. The van der Waals surface area contributed by atoms with Crippen molar-refractivity contribution >= 4 is 22.9 Å². The van der Waals surface area contributed by atoms with Crippen LogP contribution in [0.2, 0.25) is 0 Å². The van der Waals surface area contributed by atoms with Crippen LogP contribution in [0.15, 0.2) is 29.2 Å². The zero-order chi connectivity index (χ0) is 19.6. The molecule has 1 aromatic rings. The van der Waals surface area contributed by atoms with Crippen LogP contribution in [0.3, 0.4) is 0 Å². The lowest BCUT2D eigenvalue weighted by molar-refractivity contribution is 0.229. The van der Waals surface area contributed by atoms with E-state index in [1.54, 1.807) is 26.0 Å². The van der Waals surface area contributed by atoms with Gasteiger partial charge in [-0.2, -0.15) is 4.31 Å². The van der Waals surface area contributed by atoms with Gasteiger partial charge in [0.15, 0.2) is 0 Å². The highest BCUT2D eigenvalue weighted by Gasteiger charge is 2.36. The lowest BCUT2D eigenvalue weighted by atomic mass is 10.3. The number of rotatable bonds is 13. The van der Waals surface area contributed by atoms with Crippen LogP contribution in [-0.2, 0) is 23.6 Å². The first kappa shape index (κ1) is 23.3. The molecule has 0 N–H and O–H groups in total. The maximum atomic E-state index is 13.3. The quantitative estimate of drug-likeness (QED) is 0.461. The fourth-order valence-corrected chi connectivity index (χ4v) is 6.51. The molecule has 1 aromatic carbocycles. The van der Waals surface area contributed by atoms with E-state index in [1.807, 2.05) is 13.8 Å². The number of benzene rings is 1. The molecule has 8 heteroatoms. The van der Waals surface area contributed by atoms with Gasteiger partial charge in [-0.3, -0.25) is 4.57 Å². The van der Waals surface area contributed by atoms with Crippen LogP contribution in [-0.4, -0.2) is 39.0 Å². The third-order valence-electron chi connectivity index (χ3n) is 3.90. The minimum atomic E-state index is -3.79. The van der Waals surface area contributed by atoms with Crippen molar-refractivity contribution in [1.29, 1.82) is 0 Å². The second-order valence-electron chi connectivity index (χ2n) is 5.91. The summed E-state index contributed by atoms with van der Waals surface area (Å²) in [4.78, 5) is 0.0115. The Balaban J connectivity index is 3.41. The summed E-state index contributed by atoms with van der Waals surface area (Å²) in [5.74, 6) is 0. The fourth-order valence-electron chi connectivity index (χ4n) is 2.58. The van der Waals surface area contributed by atoms with E-state index < -0.39 is 17.6 Å². The summed E-state index contributed by atoms with van der Waals surface area (Å²) < 4.78 is 52.1. The summed E-state index contributed by atoms with van der Waals surface area (Å²) >= 11 is 0. The largest absolute Gasteiger partial charge is 0.362 e. The smallest absolute Gasteiger partial charge is 0.305 e. The molecule has 0 aliphatic carbocycles. The van der Waals surface area contributed by atoms with Crippen LogP contribution in [0, 0.1) is 0 Å². The van der Waals surface area contributed by atoms with Gasteiger partial charge in [-0.15, -0.1) is 0 Å². The van der Waals surface area contributed by atoms with Crippen molar-refractivity contribution in [2.45, 2.75) is 58.3 Å². The topological polar surface area (TPSA) is 72.9 Å². The Bertz CT molecular complexity index is 675. The van der Waals surface area contributed by atoms with E-state index in [0.717, 1.165) is 25.7 Å². The second-order valence-corrected chi connectivity index (χ2v) is 9.81. The Morgan fingerprint density at radius 2 is 1.42 bits per heavy atom. The van der Waals surface area contributed by atoms with Crippen LogP contribution in [0.4, 0.5) is 0 Å². The van der Waals surface area contributed by atoms with E-state index >= 15 is 0 Å². The average Bonchev–Trinajstić information content (AvgIpc) is 2.62. The number of unbranched alkanes of at least 4 members (excludes halogenated alkanes) is 2. The maximum absolute atomic E-state index is 13.3. The van der Waals surface area contributed by atoms with Crippen molar-refractivity contribution in [2.24, 2.45) is 0 Å². The van der Waals surface area contributed by atoms with Gasteiger partial charge < -0.3 is 9.05 Å². The molecule has 0 fully saturated rings. The van der Waals surface area contributed by atoms with Gasteiger partial charge in [0.2, 0.25) is 10.0 Å². The first-order chi connectivity index (χ1) is 12.4. The zero-order valence-electron chi connectivity index (χ0n) is 16.3. The SMILES string of the molecule is CCCCN(CCCC)S(=O)(=O)c1ccccc1P(=O)(OCC)OCC. The highest BCUT2D eigenvalue weighted by molar-refractivity contribution is 7.90. The molecule has 0 aliphatic rings. The number of hydrogen-bond acceptors (Lipinski definition) is 5. The highest BCUT2D eigenvalue weighted by Crippen LogP contribution is 2.48. The molecule has 0 amide bonds. The van der Waals surface area contributed by atoms with Crippen molar-refractivity contribution in [3.8, 4) is 0 Å². The van der Waals surface area contributed by atoms with Gasteiger partial charge in [0.05, 0.1) is 23.4 Å². The Morgan fingerprint density at radius 3 is 1.88 bits per heavy atom. The number of hydrogen-bond donors (Lipinski definition) is 0. The van der Waals surface area contributed by atoms with Gasteiger partial charge in [-0.05, 0) is 38.8 Å². The maximum Gasteiger partial charge on any atom is 0.362 e. The molecule has 0 saturated heterocycles. The van der Waals surface area contributed by atoms with Crippen molar-refractivity contribution in [3.05, 3.63) is 24.3 Å². The second kappa shape index (κ2) is 11.2. The van der Waals surface area contributed by atoms with Gasteiger partial charge in [-0.1, -0.05) is 38.8 Å². The summed E-state index contributed by atoms with van der Waals surface area (Å²) in [6.07, 6.45) is 3.35. The lowest BCUT2D eigenvalue weighted by Gasteiger charge is -2.25. The van der Waals surface area contributed by atoms with E-state index in [4.69, 9.17) is 9.05 Å². The molecule has 26 heavy (non-hydrogen) atoms. The number of nitrogens with zero attached hydrogens (tertiary/aromatic N) is 1. The molecular weight excluding hydrogens is 373 g/mol. The first-order valence-corrected chi connectivity index (χ1v) is 12.3. The molecule has 0 heterocycles. The first-order valence-electron chi connectivity index (χ1n) is 9.36. The van der Waals surface area contributed by atoms with E-state index in [1.165, 1.54) is 16.4 Å². The third-order valence-corrected chi connectivity index (χ3v) is 8.18. The predicted octanol–water partition coefficient (Wildman–Crippen LogP) is 4.17. The Morgan fingerprint density at radius 1 is 0.923 bits per heavy atom. The van der Waals surface area contributed by atoms with Crippen molar-refractivity contribution in [1.82, 2.24) is 4.31 Å².